The number of hydrogen-bond acceptors (Lipinski definition) is 4. The van der Waals surface area contributed by atoms with Crippen LogP contribution in [0.5, 0.6) is 0 Å². The van der Waals surface area contributed by atoms with Crippen LogP contribution in [0.15, 0.2) is 18.3 Å². The van der Waals surface area contributed by atoms with E-state index in [2.05, 4.69) is 41.3 Å². The van der Waals surface area contributed by atoms with Crippen LogP contribution < -0.4 is 5.32 Å². The summed E-state index contributed by atoms with van der Waals surface area (Å²) in [5.74, 6) is 0.921. The Morgan fingerprint density at radius 3 is 2.89 bits per heavy atom. The number of amides is 2. The van der Waals surface area contributed by atoms with Gasteiger partial charge >= 0.3 is 6.03 Å². The summed E-state index contributed by atoms with van der Waals surface area (Å²) in [4.78, 5) is 16.5. The third kappa shape index (κ3) is 3.41. The summed E-state index contributed by atoms with van der Waals surface area (Å²) in [5, 5.41) is 10.4. The van der Waals surface area contributed by atoms with E-state index in [1.54, 1.807) is 18.3 Å². The number of nitrogens with one attached hydrogen (secondary N) is 1. The summed E-state index contributed by atoms with van der Waals surface area (Å²) in [6.45, 7) is 6.84. The summed E-state index contributed by atoms with van der Waals surface area (Å²) >= 11 is 0. The van der Waals surface area contributed by atoms with Gasteiger partial charge in [-0.05, 0) is 25.1 Å². The molecule has 0 saturated carbocycles. The Bertz CT molecular complexity index is 422. The molecule has 2 amide bonds. The van der Waals surface area contributed by atoms with Crippen LogP contribution in [-0.4, -0.2) is 58.8 Å². The molecule has 0 spiro atoms. The SMILES string of the molecule is CC(C)[C@H]1CN(C)CCN1C(=O)Nc1cccnn1. The zero-order valence-corrected chi connectivity index (χ0v) is 11.7. The molecule has 6 heteroatoms. The molecule has 2 rings (SSSR count). The Morgan fingerprint density at radius 2 is 2.26 bits per heavy atom. The van der Waals surface area contributed by atoms with Crippen LogP contribution >= 0.6 is 0 Å². The Labute approximate surface area is 113 Å². The predicted octanol–water partition coefficient (Wildman–Crippen LogP) is 1.28. The number of aromatic nitrogens is 2. The minimum Gasteiger partial charge on any atom is -0.319 e. The first-order chi connectivity index (χ1) is 9.08. The van der Waals surface area contributed by atoms with Crippen LogP contribution in [0.3, 0.4) is 0 Å². The standard InChI is InChI=1S/C13H21N5O/c1-10(2)11-9-17(3)7-8-18(11)13(19)15-12-5-4-6-14-16-12/h4-6,10-11H,7-9H2,1-3H3,(H,15,16,19)/t11-/m1/s1. The van der Waals surface area contributed by atoms with E-state index in [0.29, 0.717) is 11.7 Å². The average Bonchev–Trinajstić information content (AvgIpc) is 2.39. The molecule has 19 heavy (non-hydrogen) atoms. The number of likely N-dealkylation sites (N-methyl/N-ethyl adjacent to an activating group) is 1. The van der Waals surface area contributed by atoms with Crippen LogP contribution in [0, 0.1) is 5.92 Å². The van der Waals surface area contributed by atoms with Crippen molar-refractivity contribution in [1.82, 2.24) is 20.0 Å². The fourth-order valence-corrected chi connectivity index (χ4v) is 2.33. The molecule has 1 atom stereocenters. The van der Waals surface area contributed by atoms with Gasteiger partial charge in [-0.25, -0.2) is 4.79 Å². The summed E-state index contributed by atoms with van der Waals surface area (Å²) in [6, 6.07) is 3.64. The topological polar surface area (TPSA) is 61.4 Å². The highest BCUT2D eigenvalue weighted by Gasteiger charge is 2.31. The first-order valence-corrected chi connectivity index (χ1v) is 6.62. The number of nitrogens with zero attached hydrogens (tertiary/aromatic N) is 4. The average molecular weight is 263 g/mol. The van der Waals surface area contributed by atoms with Gasteiger partial charge in [-0.1, -0.05) is 13.8 Å². The summed E-state index contributed by atoms with van der Waals surface area (Å²) < 4.78 is 0. The van der Waals surface area contributed by atoms with E-state index in [1.807, 2.05) is 4.90 Å². The van der Waals surface area contributed by atoms with Crippen molar-refractivity contribution < 1.29 is 4.79 Å². The molecule has 0 aliphatic carbocycles. The number of hydrogen-bond donors (Lipinski definition) is 1. The molecule has 2 heterocycles. The van der Waals surface area contributed by atoms with Crippen molar-refractivity contribution in [3.8, 4) is 0 Å². The Kier molecular flexibility index (Phi) is 4.31. The van der Waals surface area contributed by atoms with E-state index >= 15 is 0 Å². The predicted molar refractivity (Wildman–Crippen MR) is 73.9 cm³/mol. The van der Waals surface area contributed by atoms with Crippen molar-refractivity contribution in [3.63, 3.8) is 0 Å². The lowest BCUT2D eigenvalue weighted by Crippen LogP contribution is -2.57. The van der Waals surface area contributed by atoms with Gasteiger partial charge in [0.05, 0.1) is 0 Å². The maximum absolute atomic E-state index is 12.3. The maximum Gasteiger partial charge on any atom is 0.323 e. The molecule has 1 N–H and O–H groups in total. The third-order valence-electron chi connectivity index (χ3n) is 3.46. The van der Waals surface area contributed by atoms with Crippen molar-refractivity contribution in [2.75, 3.05) is 32.0 Å². The van der Waals surface area contributed by atoms with Gasteiger partial charge in [-0.3, -0.25) is 5.32 Å². The minimum atomic E-state index is -0.0905. The summed E-state index contributed by atoms with van der Waals surface area (Å²) in [7, 11) is 2.09. The Hall–Kier alpha value is -1.69. The number of carbonyl (C=O) groups is 1. The van der Waals surface area contributed by atoms with Gasteiger partial charge in [-0.2, -0.15) is 5.10 Å². The molecule has 0 aromatic carbocycles. The second-order valence-corrected chi connectivity index (χ2v) is 5.31. The molecule has 1 saturated heterocycles. The number of urea groups is 1. The summed E-state index contributed by atoms with van der Waals surface area (Å²) in [6.07, 6.45) is 1.59. The lowest BCUT2D eigenvalue weighted by molar-refractivity contribution is 0.0921. The molecule has 1 aliphatic heterocycles. The Balaban J connectivity index is 2.04. The Morgan fingerprint density at radius 1 is 1.47 bits per heavy atom. The first-order valence-electron chi connectivity index (χ1n) is 6.62. The van der Waals surface area contributed by atoms with Gasteiger partial charge in [0, 0.05) is 31.9 Å². The van der Waals surface area contributed by atoms with Crippen LogP contribution in [-0.2, 0) is 0 Å². The van der Waals surface area contributed by atoms with Gasteiger partial charge in [0.1, 0.15) is 0 Å². The fraction of sp³-hybridized carbons (Fsp3) is 0.615. The van der Waals surface area contributed by atoms with Crippen LogP contribution in [0.25, 0.3) is 0 Å². The van der Waals surface area contributed by atoms with Crippen LogP contribution in [0.4, 0.5) is 10.6 Å². The highest BCUT2D eigenvalue weighted by atomic mass is 16.2. The van der Waals surface area contributed by atoms with Crippen molar-refractivity contribution in [3.05, 3.63) is 18.3 Å². The van der Waals surface area contributed by atoms with E-state index in [-0.39, 0.29) is 12.1 Å². The molecule has 0 bridgehead atoms. The van der Waals surface area contributed by atoms with Crippen molar-refractivity contribution >= 4 is 11.8 Å². The zero-order valence-electron chi connectivity index (χ0n) is 11.7. The van der Waals surface area contributed by atoms with Gasteiger partial charge in [-0.15, -0.1) is 5.10 Å². The van der Waals surface area contributed by atoms with E-state index in [9.17, 15) is 4.79 Å². The van der Waals surface area contributed by atoms with Crippen molar-refractivity contribution in [2.45, 2.75) is 19.9 Å². The smallest absolute Gasteiger partial charge is 0.319 e. The van der Waals surface area contributed by atoms with E-state index in [4.69, 9.17) is 0 Å². The molecule has 0 radical (unpaired) electrons. The van der Waals surface area contributed by atoms with Crippen LogP contribution in [0.1, 0.15) is 13.8 Å². The third-order valence-corrected chi connectivity index (χ3v) is 3.46. The molecule has 1 aromatic heterocycles. The monoisotopic (exact) mass is 263 g/mol. The summed E-state index contributed by atoms with van der Waals surface area (Å²) in [5.41, 5.74) is 0. The zero-order chi connectivity index (χ0) is 13.8. The number of piperazine rings is 1. The fourth-order valence-electron chi connectivity index (χ4n) is 2.33. The molecule has 104 valence electrons. The normalized spacial score (nSPS) is 20.6. The highest BCUT2D eigenvalue weighted by molar-refractivity contribution is 5.88. The second kappa shape index (κ2) is 5.97. The van der Waals surface area contributed by atoms with E-state index < -0.39 is 0 Å². The number of carbonyl (C=O) groups excluding carboxylic acids is 1. The molecule has 6 nitrogen and oxygen atoms in total. The molecular weight excluding hydrogens is 242 g/mol. The van der Waals surface area contributed by atoms with Gasteiger partial charge in [0.2, 0.25) is 0 Å². The van der Waals surface area contributed by atoms with E-state index in [0.717, 1.165) is 19.6 Å². The quantitative estimate of drug-likeness (QED) is 0.873. The molecule has 1 fully saturated rings. The highest BCUT2D eigenvalue weighted by Crippen LogP contribution is 2.17. The maximum atomic E-state index is 12.3. The van der Waals surface area contributed by atoms with E-state index in [1.165, 1.54) is 0 Å². The molecule has 1 aromatic rings. The van der Waals surface area contributed by atoms with Gasteiger partial charge < -0.3 is 9.80 Å². The lowest BCUT2D eigenvalue weighted by Gasteiger charge is -2.41. The van der Waals surface area contributed by atoms with Crippen molar-refractivity contribution in [2.24, 2.45) is 5.92 Å². The second-order valence-electron chi connectivity index (χ2n) is 5.31. The first kappa shape index (κ1) is 13.7. The minimum absolute atomic E-state index is 0.0905. The molecular formula is C13H21N5O. The molecule has 1 aliphatic rings. The van der Waals surface area contributed by atoms with Gasteiger partial charge in [0.15, 0.2) is 5.82 Å². The number of anilines is 1. The van der Waals surface area contributed by atoms with Gasteiger partial charge in [0.25, 0.3) is 0 Å². The van der Waals surface area contributed by atoms with Crippen molar-refractivity contribution in [1.29, 1.82) is 0 Å². The molecule has 0 unspecified atom stereocenters. The lowest BCUT2D eigenvalue weighted by atomic mass is 10.0. The number of rotatable bonds is 2. The van der Waals surface area contributed by atoms with Crippen LogP contribution in [0.2, 0.25) is 0 Å². The largest absolute Gasteiger partial charge is 0.323 e.